The minimum Gasteiger partial charge on any atom is -0.451 e. The van der Waals surface area contributed by atoms with Crippen LogP contribution in [-0.4, -0.2) is 15.5 Å². The molecule has 0 aliphatic rings. The first-order chi connectivity index (χ1) is 9.85. The van der Waals surface area contributed by atoms with Gasteiger partial charge in [-0.1, -0.05) is 17.7 Å². The number of benzene rings is 1. The first-order valence-electron chi connectivity index (χ1n) is 5.75. The lowest BCUT2D eigenvalue weighted by Gasteiger charge is -2.09. The van der Waals surface area contributed by atoms with Gasteiger partial charge in [-0.15, -0.1) is 0 Å². The van der Waals surface area contributed by atoms with Crippen molar-refractivity contribution in [2.75, 3.05) is 11.8 Å². The molecule has 0 unspecified atom stereocenters. The van der Waals surface area contributed by atoms with Gasteiger partial charge in [0.2, 0.25) is 0 Å². The Morgan fingerprint density at radius 2 is 2.05 bits per heavy atom. The fourth-order valence-corrected chi connectivity index (χ4v) is 4.36. The molecule has 9 heteroatoms. The van der Waals surface area contributed by atoms with Crippen molar-refractivity contribution < 1.29 is 12.8 Å². The second-order valence-corrected chi connectivity index (χ2v) is 7.66. The third-order valence-corrected chi connectivity index (χ3v) is 6.16. The molecule has 1 aromatic carbocycles. The summed E-state index contributed by atoms with van der Waals surface area (Å²) in [5.74, 6) is 0.509. The molecule has 2 N–H and O–H groups in total. The molecule has 5 nitrogen and oxygen atoms in total. The maximum Gasteiger partial charge on any atom is 0.266 e. The number of furan rings is 1. The number of rotatable bonds is 5. The van der Waals surface area contributed by atoms with E-state index in [1.807, 2.05) is 0 Å². The van der Waals surface area contributed by atoms with Gasteiger partial charge in [0.05, 0.1) is 21.7 Å². The number of anilines is 1. The Bertz CT molecular complexity index is 762. The molecule has 2 rings (SSSR count). The standard InChI is InChI=1S/C12H11Br2ClN2O3S/c1-16-6-7-5-10(12(14)20-7)21(18,19)17-9-4-2-3-8(15)11(9)13/h2-5,16-17H,6H2,1H3. The smallest absolute Gasteiger partial charge is 0.266 e. The minimum atomic E-state index is -3.79. The van der Waals surface area contributed by atoms with E-state index in [1.165, 1.54) is 6.07 Å². The number of hydrogen-bond acceptors (Lipinski definition) is 4. The van der Waals surface area contributed by atoms with E-state index in [0.29, 0.717) is 27.5 Å². The summed E-state index contributed by atoms with van der Waals surface area (Å²) in [5.41, 5.74) is 0.353. The van der Waals surface area contributed by atoms with Crippen LogP contribution in [0, 0.1) is 0 Å². The van der Waals surface area contributed by atoms with Crippen LogP contribution in [0.25, 0.3) is 0 Å². The molecule has 0 amide bonds. The highest BCUT2D eigenvalue weighted by Crippen LogP contribution is 2.33. The third kappa shape index (κ3) is 3.81. The van der Waals surface area contributed by atoms with Gasteiger partial charge in [0.1, 0.15) is 10.7 Å². The number of sulfonamides is 1. The fraction of sp³-hybridized carbons (Fsp3) is 0.167. The van der Waals surface area contributed by atoms with Gasteiger partial charge in [0.15, 0.2) is 4.67 Å². The van der Waals surface area contributed by atoms with Crippen LogP contribution < -0.4 is 10.0 Å². The van der Waals surface area contributed by atoms with Crippen molar-refractivity contribution >= 4 is 59.2 Å². The first kappa shape index (κ1) is 16.8. The van der Waals surface area contributed by atoms with Crippen molar-refractivity contribution in [2.24, 2.45) is 0 Å². The van der Waals surface area contributed by atoms with Crippen LogP contribution in [0.3, 0.4) is 0 Å². The van der Waals surface area contributed by atoms with Gasteiger partial charge >= 0.3 is 0 Å². The highest BCUT2D eigenvalue weighted by atomic mass is 79.9. The highest BCUT2D eigenvalue weighted by Gasteiger charge is 2.23. The molecule has 1 heterocycles. The Balaban J connectivity index is 2.36. The molecule has 0 aliphatic carbocycles. The molecule has 0 saturated carbocycles. The van der Waals surface area contributed by atoms with Gasteiger partial charge in [-0.3, -0.25) is 4.72 Å². The summed E-state index contributed by atoms with van der Waals surface area (Å²) in [6.07, 6.45) is 0. The minimum absolute atomic E-state index is 0.0274. The van der Waals surface area contributed by atoms with E-state index in [9.17, 15) is 8.42 Å². The van der Waals surface area contributed by atoms with Crippen LogP contribution in [0.1, 0.15) is 5.76 Å². The van der Waals surface area contributed by atoms with Crippen molar-refractivity contribution in [1.29, 1.82) is 0 Å². The Morgan fingerprint density at radius 3 is 2.71 bits per heavy atom. The number of nitrogens with one attached hydrogen (secondary N) is 2. The molecule has 114 valence electrons. The summed E-state index contributed by atoms with van der Waals surface area (Å²) in [5, 5.41) is 3.30. The van der Waals surface area contributed by atoms with Gasteiger partial charge in [-0.05, 0) is 51.0 Å². The predicted molar refractivity (Wildman–Crippen MR) is 89.1 cm³/mol. The average molecular weight is 459 g/mol. The van der Waals surface area contributed by atoms with Crippen LogP contribution in [0.15, 0.2) is 42.7 Å². The van der Waals surface area contributed by atoms with Gasteiger partial charge in [0, 0.05) is 6.07 Å². The largest absolute Gasteiger partial charge is 0.451 e. The molecule has 0 fully saturated rings. The molecule has 21 heavy (non-hydrogen) atoms. The summed E-state index contributed by atoms with van der Waals surface area (Å²) in [4.78, 5) is 0.0274. The Labute approximate surface area is 144 Å². The monoisotopic (exact) mass is 456 g/mol. The van der Waals surface area contributed by atoms with Crippen LogP contribution in [-0.2, 0) is 16.6 Å². The van der Waals surface area contributed by atoms with Gasteiger partial charge in [-0.2, -0.15) is 0 Å². The second-order valence-electron chi connectivity index (χ2n) is 4.09. The molecule has 0 saturated heterocycles. The zero-order valence-corrected chi connectivity index (χ0v) is 15.5. The molecule has 0 bridgehead atoms. The Kier molecular flexibility index (Phi) is 5.37. The van der Waals surface area contributed by atoms with Crippen molar-refractivity contribution in [3.05, 3.63) is 44.2 Å². The van der Waals surface area contributed by atoms with Crippen molar-refractivity contribution in [3.8, 4) is 0 Å². The highest BCUT2D eigenvalue weighted by molar-refractivity contribution is 9.10. The van der Waals surface area contributed by atoms with E-state index in [1.54, 1.807) is 25.2 Å². The van der Waals surface area contributed by atoms with Crippen LogP contribution in [0.5, 0.6) is 0 Å². The molecule has 0 atom stereocenters. The Morgan fingerprint density at radius 1 is 1.33 bits per heavy atom. The molecule has 0 radical (unpaired) electrons. The van der Waals surface area contributed by atoms with E-state index in [0.717, 1.165) is 0 Å². The lowest BCUT2D eigenvalue weighted by atomic mass is 10.3. The molecular formula is C12H11Br2ClN2O3S. The van der Waals surface area contributed by atoms with E-state index >= 15 is 0 Å². The summed E-state index contributed by atoms with van der Waals surface area (Å²) in [6.45, 7) is 0.426. The van der Waals surface area contributed by atoms with Crippen molar-refractivity contribution in [2.45, 2.75) is 11.4 Å². The maximum absolute atomic E-state index is 12.4. The third-order valence-electron chi connectivity index (χ3n) is 2.54. The zero-order chi connectivity index (χ0) is 15.6. The summed E-state index contributed by atoms with van der Waals surface area (Å²) < 4.78 is 33.3. The normalized spacial score (nSPS) is 11.6. The first-order valence-corrected chi connectivity index (χ1v) is 9.19. The summed E-state index contributed by atoms with van der Waals surface area (Å²) >= 11 is 12.3. The average Bonchev–Trinajstić information content (AvgIpc) is 2.77. The van der Waals surface area contributed by atoms with E-state index < -0.39 is 10.0 Å². The topological polar surface area (TPSA) is 71.3 Å². The Hall–Kier alpha value is -0.540. The molecular weight excluding hydrogens is 447 g/mol. The zero-order valence-electron chi connectivity index (χ0n) is 10.8. The van der Waals surface area contributed by atoms with Gasteiger partial charge in [0.25, 0.3) is 10.0 Å². The number of hydrogen-bond donors (Lipinski definition) is 2. The lowest BCUT2D eigenvalue weighted by molar-refractivity contribution is 0.470. The van der Waals surface area contributed by atoms with Crippen molar-refractivity contribution in [3.63, 3.8) is 0 Å². The molecule has 0 spiro atoms. The van der Waals surface area contributed by atoms with Crippen LogP contribution in [0.2, 0.25) is 5.02 Å². The fourth-order valence-electron chi connectivity index (χ4n) is 1.62. The predicted octanol–water partition coefficient (Wildman–Crippen LogP) is 3.98. The van der Waals surface area contributed by atoms with E-state index in [-0.39, 0.29) is 9.56 Å². The summed E-state index contributed by atoms with van der Waals surface area (Å²) in [6, 6.07) is 6.38. The van der Waals surface area contributed by atoms with Crippen molar-refractivity contribution in [1.82, 2.24) is 5.32 Å². The maximum atomic E-state index is 12.4. The van der Waals surface area contributed by atoms with Crippen LogP contribution in [0.4, 0.5) is 5.69 Å². The van der Waals surface area contributed by atoms with Gasteiger partial charge < -0.3 is 9.73 Å². The molecule has 1 aromatic heterocycles. The van der Waals surface area contributed by atoms with Crippen LogP contribution >= 0.6 is 43.5 Å². The summed E-state index contributed by atoms with van der Waals surface area (Å²) in [7, 11) is -2.05. The quantitative estimate of drug-likeness (QED) is 0.711. The second kappa shape index (κ2) is 6.70. The SMILES string of the molecule is CNCc1cc(S(=O)(=O)Nc2cccc(Cl)c2Br)c(Br)o1. The van der Waals surface area contributed by atoms with E-state index in [2.05, 4.69) is 41.9 Å². The molecule has 2 aromatic rings. The molecule has 0 aliphatic heterocycles. The van der Waals surface area contributed by atoms with Gasteiger partial charge in [-0.25, -0.2) is 8.42 Å². The number of halogens is 3. The van der Waals surface area contributed by atoms with E-state index in [4.69, 9.17) is 16.0 Å². The lowest BCUT2D eigenvalue weighted by Crippen LogP contribution is -2.13.